The van der Waals surface area contributed by atoms with E-state index in [4.69, 9.17) is 4.74 Å². The van der Waals surface area contributed by atoms with Gasteiger partial charge in [-0.1, -0.05) is 6.92 Å². The third kappa shape index (κ3) is 5.46. The van der Waals surface area contributed by atoms with E-state index in [1.165, 1.54) is 0 Å². The van der Waals surface area contributed by atoms with Crippen molar-refractivity contribution in [3.8, 4) is 0 Å². The summed E-state index contributed by atoms with van der Waals surface area (Å²) < 4.78 is 31.8. The van der Waals surface area contributed by atoms with Crippen LogP contribution in [0.4, 0.5) is 0 Å². The molecule has 2 rings (SSSR count). The smallest absolute Gasteiger partial charge is 0.238 e. The minimum absolute atomic E-state index is 0.000891. The molecular formula is C15H26N2O5S. The van der Waals surface area contributed by atoms with Gasteiger partial charge in [0.05, 0.1) is 17.8 Å². The molecule has 23 heavy (non-hydrogen) atoms. The summed E-state index contributed by atoms with van der Waals surface area (Å²) in [6.07, 6.45) is 3.99. The molecule has 132 valence electrons. The Morgan fingerprint density at radius 1 is 1.22 bits per heavy atom. The van der Waals surface area contributed by atoms with Crippen LogP contribution in [-0.4, -0.2) is 56.7 Å². The molecule has 0 saturated carbocycles. The van der Waals surface area contributed by atoms with Gasteiger partial charge >= 0.3 is 0 Å². The lowest BCUT2D eigenvalue weighted by Gasteiger charge is -2.32. The molecule has 0 aromatic heterocycles. The normalized spacial score (nSPS) is 25.9. The van der Waals surface area contributed by atoms with Gasteiger partial charge in [-0.3, -0.25) is 14.3 Å². The van der Waals surface area contributed by atoms with Crippen LogP contribution in [0.2, 0.25) is 0 Å². The summed E-state index contributed by atoms with van der Waals surface area (Å²) in [5.74, 6) is -1.14. The molecule has 2 saturated heterocycles. The first-order valence-electron chi connectivity index (χ1n) is 8.35. The fourth-order valence-electron chi connectivity index (χ4n) is 3.10. The number of likely N-dealkylation sites (tertiary alicyclic amines) is 1. The Hall–Kier alpha value is -1.15. The number of ether oxygens (including phenoxy) is 1. The van der Waals surface area contributed by atoms with E-state index in [0.29, 0.717) is 39.0 Å². The predicted molar refractivity (Wildman–Crippen MR) is 85.1 cm³/mol. The van der Waals surface area contributed by atoms with Gasteiger partial charge in [0.25, 0.3) is 0 Å². The van der Waals surface area contributed by atoms with Crippen LogP contribution in [0, 0.1) is 5.92 Å². The molecule has 2 aliphatic rings. The number of rotatable bonds is 5. The highest BCUT2D eigenvalue weighted by atomic mass is 32.2. The Kier molecular flexibility index (Phi) is 6.41. The highest BCUT2D eigenvalue weighted by Gasteiger charge is 2.31. The van der Waals surface area contributed by atoms with E-state index in [1.54, 1.807) is 11.8 Å². The number of piperidine rings is 1. The molecule has 7 nitrogen and oxygen atoms in total. The van der Waals surface area contributed by atoms with E-state index in [-0.39, 0.29) is 17.8 Å². The van der Waals surface area contributed by atoms with Gasteiger partial charge in [0.15, 0.2) is 0 Å². The molecule has 0 unspecified atom stereocenters. The van der Waals surface area contributed by atoms with Crippen molar-refractivity contribution < 1.29 is 22.7 Å². The maximum Gasteiger partial charge on any atom is 0.238 e. The maximum atomic E-state index is 12.2. The van der Waals surface area contributed by atoms with E-state index >= 15 is 0 Å². The van der Waals surface area contributed by atoms with Crippen LogP contribution in [0.25, 0.3) is 0 Å². The minimum atomic E-state index is -3.70. The highest BCUT2D eigenvalue weighted by molar-refractivity contribution is 7.90. The van der Waals surface area contributed by atoms with Crippen molar-refractivity contribution in [2.45, 2.75) is 51.6 Å². The summed E-state index contributed by atoms with van der Waals surface area (Å²) in [6.45, 7) is 3.29. The molecule has 0 bridgehead atoms. The van der Waals surface area contributed by atoms with Gasteiger partial charge < -0.3 is 9.64 Å². The molecule has 2 atom stereocenters. The molecule has 0 spiro atoms. The van der Waals surface area contributed by atoms with Gasteiger partial charge in [0.2, 0.25) is 21.8 Å². The standard InChI is InChI=1S/C15H26N2O5S/c1-2-14(18)17-8-5-6-12(10-17)15(19)16-23(20,21)11-13-7-3-4-9-22-13/h12-13H,2-11H2,1H3,(H,16,19)/t12-,13-/m1/s1. The zero-order chi connectivity index (χ0) is 16.9. The van der Waals surface area contributed by atoms with E-state index < -0.39 is 21.8 Å². The van der Waals surface area contributed by atoms with Crippen LogP contribution in [0.5, 0.6) is 0 Å². The molecule has 2 fully saturated rings. The Labute approximate surface area is 137 Å². The van der Waals surface area contributed by atoms with Crippen molar-refractivity contribution in [1.29, 1.82) is 0 Å². The maximum absolute atomic E-state index is 12.2. The number of hydrogen-bond acceptors (Lipinski definition) is 5. The van der Waals surface area contributed by atoms with E-state index in [2.05, 4.69) is 4.72 Å². The lowest BCUT2D eigenvalue weighted by molar-refractivity contribution is -0.134. The Balaban J connectivity index is 1.88. The Morgan fingerprint density at radius 3 is 2.65 bits per heavy atom. The van der Waals surface area contributed by atoms with Crippen molar-refractivity contribution in [3.63, 3.8) is 0 Å². The number of carbonyl (C=O) groups excluding carboxylic acids is 2. The second-order valence-corrected chi connectivity index (χ2v) is 8.04. The summed E-state index contributed by atoms with van der Waals surface area (Å²) in [5.41, 5.74) is 0. The summed E-state index contributed by atoms with van der Waals surface area (Å²) in [6, 6.07) is 0. The minimum Gasteiger partial charge on any atom is -0.377 e. The first kappa shape index (κ1) is 18.2. The molecule has 2 amide bonds. The first-order valence-corrected chi connectivity index (χ1v) is 10.00. The lowest BCUT2D eigenvalue weighted by Crippen LogP contribution is -2.47. The zero-order valence-corrected chi connectivity index (χ0v) is 14.4. The van der Waals surface area contributed by atoms with E-state index in [1.807, 2.05) is 0 Å². The van der Waals surface area contributed by atoms with Gasteiger partial charge in [-0.2, -0.15) is 0 Å². The summed E-state index contributed by atoms with van der Waals surface area (Å²) in [4.78, 5) is 25.6. The van der Waals surface area contributed by atoms with Crippen molar-refractivity contribution in [3.05, 3.63) is 0 Å². The summed E-state index contributed by atoms with van der Waals surface area (Å²) in [5, 5.41) is 0. The third-order valence-electron chi connectivity index (χ3n) is 4.38. The monoisotopic (exact) mass is 346 g/mol. The van der Waals surface area contributed by atoms with E-state index in [0.717, 1.165) is 19.3 Å². The molecule has 0 aromatic carbocycles. The number of amides is 2. The fraction of sp³-hybridized carbons (Fsp3) is 0.867. The Morgan fingerprint density at radius 2 is 2.00 bits per heavy atom. The van der Waals surface area contributed by atoms with Crippen molar-refractivity contribution in [2.24, 2.45) is 5.92 Å². The average molecular weight is 346 g/mol. The van der Waals surface area contributed by atoms with Crippen LogP contribution >= 0.6 is 0 Å². The van der Waals surface area contributed by atoms with Crippen LogP contribution in [0.3, 0.4) is 0 Å². The van der Waals surface area contributed by atoms with Gasteiger partial charge in [-0.05, 0) is 32.1 Å². The largest absolute Gasteiger partial charge is 0.377 e. The Bertz CT molecular complexity index is 528. The summed E-state index contributed by atoms with van der Waals surface area (Å²) >= 11 is 0. The van der Waals surface area contributed by atoms with E-state index in [9.17, 15) is 18.0 Å². The van der Waals surface area contributed by atoms with Crippen LogP contribution in [0.1, 0.15) is 45.4 Å². The predicted octanol–water partition coefficient (Wildman–Crippen LogP) is 0.650. The third-order valence-corrected chi connectivity index (χ3v) is 5.71. The van der Waals surface area contributed by atoms with Gasteiger partial charge in [-0.15, -0.1) is 0 Å². The molecule has 0 radical (unpaired) electrons. The number of nitrogens with zero attached hydrogens (tertiary/aromatic N) is 1. The van der Waals surface area contributed by atoms with Crippen molar-refractivity contribution >= 4 is 21.8 Å². The van der Waals surface area contributed by atoms with Gasteiger partial charge in [0, 0.05) is 26.1 Å². The molecule has 2 heterocycles. The topological polar surface area (TPSA) is 92.8 Å². The van der Waals surface area contributed by atoms with Crippen molar-refractivity contribution in [1.82, 2.24) is 9.62 Å². The van der Waals surface area contributed by atoms with Crippen LogP contribution in [-0.2, 0) is 24.3 Å². The van der Waals surface area contributed by atoms with Crippen LogP contribution in [0.15, 0.2) is 0 Å². The van der Waals surface area contributed by atoms with Gasteiger partial charge in [-0.25, -0.2) is 8.42 Å². The summed E-state index contributed by atoms with van der Waals surface area (Å²) in [7, 11) is -3.70. The first-order chi connectivity index (χ1) is 10.9. The van der Waals surface area contributed by atoms with Crippen LogP contribution < -0.4 is 4.72 Å². The fourth-order valence-corrected chi connectivity index (χ4v) is 4.41. The van der Waals surface area contributed by atoms with Crippen molar-refractivity contribution in [2.75, 3.05) is 25.4 Å². The lowest BCUT2D eigenvalue weighted by atomic mass is 9.97. The molecule has 8 heteroatoms. The molecule has 0 aliphatic carbocycles. The number of sulfonamides is 1. The highest BCUT2D eigenvalue weighted by Crippen LogP contribution is 2.18. The SMILES string of the molecule is CCC(=O)N1CCC[C@@H](C(=O)NS(=O)(=O)C[C@H]2CCCCO2)C1. The molecule has 1 N–H and O–H groups in total. The number of carbonyl (C=O) groups is 2. The second kappa shape index (κ2) is 8.10. The average Bonchev–Trinajstić information content (AvgIpc) is 2.54. The molecule has 0 aromatic rings. The quantitative estimate of drug-likeness (QED) is 0.789. The van der Waals surface area contributed by atoms with Gasteiger partial charge in [0.1, 0.15) is 0 Å². The number of hydrogen-bond donors (Lipinski definition) is 1. The molecule has 2 aliphatic heterocycles. The second-order valence-electron chi connectivity index (χ2n) is 6.27. The molecular weight excluding hydrogens is 320 g/mol. The number of nitrogens with one attached hydrogen (secondary N) is 1. The zero-order valence-electron chi connectivity index (χ0n) is 13.6.